The summed E-state index contributed by atoms with van der Waals surface area (Å²) in [6, 6.07) is 2.05. The standard InChI is InChI=1S/C14H19N3O3S/c1-3-19-14(18)12-11(16)10(6-15)13(21-12)17-7-9-4-5-20-8(9)2/h8-9,17H,3-5,7,16H2,1-2H3. The van der Waals surface area contributed by atoms with Crippen molar-refractivity contribution in [2.45, 2.75) is 26.4 Å². The molecule has 0 aromatic carbocycles. The molecule has 6 nitrogen and oxygen atoms in total. The minimum Gasteiger partial charge on any atom is -0.462 e. The molecule has 1 aromatic rings. The van der Waals surface area contributed by atoms with Gasteiger partial charge in [-0.3, -0.25) is 0 Å². The van der Waals surface area contributed by atoms with E-state index in [0.717, 1.165) is 13.0 Å². The average Bonchev–Trinajstić information content (AvgIpc) is 3.00. The van der Waals surface area contributed by atoms with Gasteiger partial charge in [-0.2, -0.15) is 5.26 Å². The second-order valence-electron chi connectivity index (χ2n) is 4.89. The zero-order chi connectivity index (χ0) is 15.4. The fourth-order valence-corrected chi connectivity index (χ4v) is 3.27. The summed E-state index contributed by atoms with van der Waals surface area (Å²) in [7, 11) is 0. The molecule has 7 heteroatoms. The summed E-state index contributed by atoms with van der Waals surface area (Å²) in [6.45, 7) is 5.50. The molecule has 3 N–H and O–H groups in total. The van der Waals surface area contributed by atoms with E-state index in [1.165, 1.54) is 11.3 Å². The number of nitrogens with one attached hydrogen (secondary N) is 1. The minimum absolute atomic E-state index is 0.194. The summed E-state index contributed by atoms with van der Waals surface area (Å²) in [5, 5.41) is 13.1. The molecule has 0 saturated carbocycles. The Balaban J connectivity index is 2.13. The number of carbonyl (C=O) groups excluding carboxylic acids is 1. The lowest BCUT2D eigenvalue weighted by molar-refractivity contribution is 0.0533. The number of nitrogen functional groups attached to an aromatic ring is 1. The van der Waals surface area contributed by atoms with Gasteiger partial charge < -0.3 is 20.5 Å². The van der Waals surface area contributed by atoms with Crippen LogP contribution in [0.15, 0.2) is 0 Å². The van der Waals surface area contributed by atoms with Crippen molar-refractivity contribution in [3.63, 3.8) is 0 Å². The normalized spacial score (nSPS) is 21.0. The van der Waals surface area contributed by atoms with Gasteiger partial charge in [0.2, 0.25) is 0 Å². The number of carbonyl (C=O) groups is 1. The molecule has 21 heavy (non-hydrogen) atoms. The van der Waals surface area contributed by atoms with Crippen molar-refractivity contribution in [3.8, 4) is 6.07 Å². The molecule has 0 radical (unpaired) electrons. The van der Waals surface area contributed by atoms with Gasteiger partial charge in [0.15, 0.2) is 0 Å². The lowest BCUT2D eigenvalue weighted by atomic mass is 10.0. The predicted octanol–water partition coefficient (Wildman–Crippen LogP) is 2.22. The summed E-state index contributed by atoms with van der Waals surface area (Å²) in [6.07, 6.45) is 1.19. The van der Waals surface area contributed by atoms with Crippen LogP contribution < -0.4 is 11.1 Å². The third-order valence-corrected chi connectivity index (χ3v) is 4.72. The van der Waals surface area contributed by atoms with Crippen LogP contribution in [0.5, 0.6) is 0 Å². The van der Waals surface area contributed by atoms with Crippen molar-refractivity contribution in [1.82, 2.24) is 0 Å². The van der Waals surface area contributed by atoms with E-state index in [-0.39, 0.29) is 23.3 Å². The lowest BCUT2D eigenvalue weighted by Crippen LogP contribution is -2.20. The highest BCUT2D eigenvalue weighted by Crippen LogP contribution is 2.36. The van der Waals surface area contributed by atoms with Crippen LogP contribution in [0.25, 0.3) is 0 Å². The fraction of sp³-hybridized carbons (Fsp3) is 0.571. The first-order valence-corrected chi connectivity index (χ1v) is 7.75. The van der Waals surface area contributed by atoms with Crippen LogP contribution in [0.4, 0.5) is 10.7 Å². The Hall–Kier alpha value is -1.78. The first kappa shape index (κ1) is 15.6. The number of esters is 1. The monoisotopic (exact) mass is 309 g/mol. The summed E-state index contributed by atoms with van der Waals surface area (Å²) < 4.78 is 10.5. The second-order valence-corrected chi connectivity index (χ2v) is 5.91. The Kier molecular flexibility index (Phi) is 5.04. The Morgan fingerprint density at radius 1 is 1.67 bits per heavy atom. The predicted molar refractivity (Wildman–Crippen MR) is 81.4 cm³/mol. The highest BCUT2D eigenvalue weighted by atomic mass is 32.1. The number of thiophene rings is 1. The fourth-order valence-electron chi connectivity index (χ4n) is 2.30. The first-order valence-electron chi connectivity index (χ1n) is 6.93. The average molecular weight is 309 g/mol. The number of rotatable bonds is 5. The van der Waals surface area contributed by atoms with E-state index < -0.39 is 5.97 Å². The summed E-state index contributed by atoms with van der Waals surface area (Å²) in [5.74, 6) is -0.0898. The first-order chi connectivity index (χ1) is 10.1. The molecule has 0 amide bonds. The van der Waals surface area contributed by atoms with E-state index in [1.807, 2.05) is 6.92 Å². The van der Waals surface area contributed by atoms with Gasteiger partial charge in [-0.25, -0.2) is 4.79 Å². The number of hydrogen-bond acceptors (Lipinski definition) is 7. The van der Waals surface area contributed by atoms with Crippen molar-refractivity contribution in [3.05, 3.63) is 10.4 Å². The van der Waals surface area contributed by atoms with Crippen molar-refractivity contribution in [2.75, 3.05) is 30.8 Å². The smallest absolute Gasteiger partial charge is 0.350 e. The van der Waals surface area contributed by atoms with Gasteiger partial charge in [-0.1, -0.05) is 0 Å². The maximum absolute atomic E-state index is 11.8. The van der Waals surface area contributed by atoms with Gasteiger partial charge in [-0.05, 0) is 20.3 Å². The number of nitrogens with zero attached hydrogens (tertiary/aromatic N) is 1. The summed E-state index contributed by atoms with van der Waals surface area (Å²) >= 11 is 1.17. The maximum Gasteiger partial charge on any atom is 0.350 e. The molecular formula is C14H19N3O3S. The number of ether oxygens (including phenoxy) is 2. The second kappa shape index (κ2) is 6.78. The Morgan fingerprint density at radius 3 is 3.00 bits per heavy atom. The zero-order valence-corrected chi connectivity index (χ0v) is 13.0. The van der Waals surface area contributed by atoms with Crippen LogP contribution in [0.3, 0.4) is 0 Å². The number of nitriles is 1. The van der Waals surface area contributed by atoms with Crippen LogP contribution in [0.2, 0.25) is 0 Å². The molecule has 114 valence electrons. The van der Waals surface area contributed by atoms with Gasteiger partial charge >= 0.3 is 5.97 Å². The summed E-state index contributed by atoms with van der Waals surface area (Å²) in [4.78, 5) is 12.1. The maximum atomic E-state index is 11.8. The molecule has 2 rings (SSSR count). The Bertz CT molecular complexity index is 565. The SMILES string of the molecule is CCOC(=O)c1sc(NCC2CCOC2C)c(C#N)c1N. The molecule has 2 atom stereocenters. The third kappa shape index (κ3) is 3.28. The van der Waals surface area contributed by atoms with Crippen LogP contribution in [-0.2, 0) is 9.47 Å². The van der Waals surface area contributed by atoms with Gasteiger partial charge in [0, 0.05) is 19.1 Å². The lowest BCUT2D eigenvalue weighted by Gasteiger charge is -2.14. The van der Waals surface area contributed by atoms with E-state index in [0.29, 0.717) is 23.0 Å². The largest absolute Gasteiger partial charge is 0.462 e. The number of nitrogens with two attached hydrogens (primary N) is 1. The van der Waals surface area contributed by atoms with E-state index in [2.05, 4.69) is 11.4 Å². The quantitative estimate of drug-likeness (QED) is 0.809. The molecule has 1 aliphatic rings. The Morgan fingerprint density at radius 2 is 2.43 bits per heavy atom. The minimum atomic E-state index is -0.484. The van der Waals surface area contributed by atoms with E-state index in [9.17, 15) is 10.1 Å². The Labute approximate surface area is 127 Å². The molecule has 0 bridgehead atoms. The molecule has 1 fully saturated rings. The van der Waals surface area contributed by atoms with Crippen LogP contribution in [0, 0.1) is 17.2 Å². The molecular weight excluding hydrogens is 290 g/mol. The van der Waals surface area contributed by atoms with Crippen molar-refractivity contribution < 1.29 is 14.3 Å². The highest BCUT2D eigenvalue weighted by molar-refractivity contribution is 7.18. The van der Waals surface area contributed by atoms with Gasteiger partial charge in [0.25, 0.3) is 0 Å². The van der Waals surface area contributed by atoms with E-state index in [4.69, 9.17) is 15.2 Å². The van der Waals surface area contributed by atoms with Gasteiger partial charge in [-0.15, -0.1) is 11.3 Å². The molecule has 0 aliphatic carbocycles. The van der Waals surface area contributed by atoms with Crippen molar-refractivity contribution >= 4 is 28.0 Å². The highest BCUT2D eigenvalue weighted by Gasteiger charge is 2.26. The number of anilines is 2. The molecule has 2 unspecified atom stereocenters. The van der Waals surface area contributed by atoms with E-state index in [1.54, 1.807) is 6.92 Å². The van der Waals surface area contributed by atoms with Crippen LogP contribution in [-0.4, -0.2) is 31.8 Å². The molecule has 1 saturated heterocycles. The molecule has 1 aliphatic heterocycles. The van der Waals surface area contributed by atoms with E-state index >= 15 is 0 Å². The van der Waals surface area contributed by atoms with Gasteiger partial charge in [0.05, 0.1) is 18.4 Å². The van der Waals surface area contributed by atoms with Crippen LogP contribution in [0.1, 0.15) is 35.5 Å². The van der Waals surface area contributed by atoms with Crippen molar-refractivity contribution in [1.29, 1.82) is 5.26 Å². The molecule has 1 aromatic heterocycles. The zero-order valence-electron chi connectivity index (χ0n) is 12.1. The molecule has 2 heterocycles. The third-order valence-electron chi connectivity index (χ3n) is 3.58. The van der Waals surface area contributed by atoms with Gasteiger partial charge in [0.1, 0.15) is 21.5 Å². The summed E-state index contributed by atoms with van der Waals surface area (Å²) in [5.41, 5.74) is 6.39. The van der Waals surface area contributed by atoms with Crippen LogP contribution >= 0.6 is 11.3 Å². The van der Waals surface area contributed by atoms with Crippen molar-refractivity contribution in [2.24, 2.45) is 5.92 Å². The molecule has 0 spiro atoms. The number of hydrogen-bond donors (Lipinski definition) is 2. The topological polar surface area (TPSA) is 97.4 Å².